The van der Waals surface area contributed by atoms with Crippen molar-refractivity contribution >= 4 is 23.5 Å². The monoisotopic (exact) mass is 403 g/mol. The van der Waals surface area contributed by atoms with Crippen molar-refractivity contribution in [1.82, 2.24) is 14.4 Å². The number of aromatic nitrogens is 3. The largest absolute Gasteiger partial charge is 0.398 e. The van der Waals surface area contributed by atoms with Crippen LogP contribution in [-0.4, -0.2) is 39.7 Å². The Morgan fingerprint density at radius 3 is 2.70 bits per heavy atom. The summed E-state index contributed by atoms with van der Waals surface area (Å²) in [7, 11) is 0. The van der Waals surface area contributed by atoms with Crippen LogP contribution < -0.4 is 16.4 Å². The van der Waals surface area contributed by atoms with Gasteiger partial charge in [0, 0.05) is 54.6 Å². The molecule has 5 rings (SSSR count). The van der Waals surface area contributed by atoms with Crippen molar-refractivity contribution in [3.63, 3.8) is 0 Å². The van der Waals surface area contributed by atoms with Crippen molar-refractivity contribution in [3.05, 3.63) is 41.9 Å². The number of nitrogen functional groups attached to an aromatic ring is 1. The van der Waals surface area contributed by atoms with Gasteiger partial charge in [0.15, 0.2) is 0 Å². The molecule has 1 aromatic carbocycles. The zero-order valence-electron chi connectivity index (χ0n) is 17.4. The van der Waals surface area contributed by atoms with Gasteiger partial charge in [-0.2, -0.15) is 0 Å². The minimum absolute atomic E-state index is 0.327. The van der Waals surface area contributed by atoms with Crippen LogP contribution in [0.2, 0.25) is 0 Å². The third-order valence-electron chi connectivity index (χ3n) is 7.26. The molecule has 0 unspecified atom stereocenters. The second-order valence-electron chi connectivity index (χ2n) is 8.83. The minimum atomic E-state index is 0.327. The number of aryl methyl sites for hydroxylation is 1. The number of anilines is 2. The Morgan fingerprint density at radius 2 is 2.03 bits per heavy atom. The molecule has 2 aromatic heterocycles. The average molecular weight is 404 g/mol. The lowest BCUT2D eigenvalue weighted by Gasteiger charge is -2.42. The predicted molar refractivity (Wildman–Crippen MR) is 121 cm³/mol. The van der Waals surface area contributed by atoms with Crippen LogP contribution in [0.1, 0.15) is 43.4 Å². The van der Waals surface area contributed by atoms with Crippen LogP contribution in [0.15, 0.2) is 30.6 Å². The van der Waals surface area contributed by atoms with Gasteiger partial charge >= 0.3 is 0 Å². The van der Waals surface area contributed by atoms with E-state index in [1.54, 1.807) is 0 Å². The Labute approximate surface area is 176 Å². The minimum Gasteiger partial charge on any atom is -0.398 e. The lowest BCUT2D eigenvalue weighted by molar-refractivity contribution is 0.197. The molecule has 3 heterocycles. The van der Waals surface area contributed by atoms with Gasteiger partial charge in [0.2, 0.25) is 5.95 Å². The Hall–Kier alpha value is -2.93. The highest BCUT2D eigenvalue weighted by Crippen LogP contribution is 2.46. The van der Waals surface area contributed by atoms with E-state index in [0.717, 1.165) is 60.8 Å². The number of piperidine rings is 1. The third kappa shape index (κ3) is 2.88. The van der Waals surface area contributed by atoms with Gasteiger partial charge in [-0.05, 0) is 49.7 Å². The number of nitrogens with one attached hydrogen (secondary N) is 1. The number of hydrogen-bond acceptors (Lipinski definition) is 6. The summed E-state index contributed by atoms with van der Waals surface area (Å²) in [6, 6.07) is 6.12. The van der Waals surface area contributed by atoms with Crippen molar-refractivity contribution in [2.24, 2.45) is 11.1 Å². The molecule has 7 nitrogen and oxygen atoms in total. The molecule has 0 bridgehead atoms. The fourth-order valence-electron chi connectivity index (χ4n) is 5.43. The van der Waals surface area contributed by atoms with Crippen LogP contribution in [0.4, 0.5) is 11.6 Å². The molecular weight excluding hydrogens is 374 g/mol. The van der Waals surface area contributed by atoms with Gasteiger partial charge in [-0.25, -0.2) is 9.97 Å². The number of benzene rings is 1. The number of nitrogens with two attached hydrogens (primary N) is 2. The van der Waals surface area contributed by atoms with E-state index in [4.69, 9.17) is 21.9 Å². The first-order valence-electron chi connectivity index (χ1n) is 10.8. The summed E-state index contributed by atoms with van der Waals surface area (Å²) >= 11 is 0. The zero-order chi connectivity index (χ0) is 20.9. The molecule has 30 heavy (non-hydrogen) atoms. The maximum Gasteiger partial charge on any atom is 0.211 e. The van der Waals surface area contributed by atoms with E-state index in [-0.39, 0.29) is 0 Å². The molecule has 0 amide bonds. The van der Waals surface area contributed by atoms with Crippen molar-refractivity contribution in [2.75, 3.05) is 23.7 Å². The molecule has 2 aliphatic rings. The lowest BCUT2D eigenvalue weighted by atomic mass is 9.74. The summed E-state index contributed by atoms with van der Waals surface area (Å²) in [5.74, 6) is 0.953. The Kier molecular flexibility index (Phi) is 4.50. The van der Waals surface area contributed by atoms with Crippen LogP contribution >= 0.6 is 0 Å². The third-order valence-corrected chi connectivity index (χ3v) is 7.26. The van der Waals surface area contributed by atoms with E-state index >= 15 is 0 Å². The van der Waals surface area contributed by atoms with Gasteiger partial charge in [-0.15, -0.1) is 0 Å². The number of imidazole rings is 1. The first kappa shape index (κ1) is 19.1. The van der Waals surface area contributed by atoms with Gasteiger partial charge in [0.1, 0.15) is 5.65 Å². The van der Waals surface area contributed by atoms with Crippen LogP contribution in [-0.2, 0) is 0 Å². The van der Waals surface area contributed by atoms with Crippen molar-refractivity contribution in [1.29, 1.82) is 5.41 Å². The van der Waals surface area contributed by atoms with Crippen LogP contribution in [0.25, 0.3) is 16.8 Å². The molecule has 156 valence electrons. The quantitative estimate of drug-likeness (QED) is 0.459. The Balaban J connectivity index is 1.52. The molecule has 1 saturated carbocycles. The fourth-order valence-corrected chi connectivity index (χ4v) is 5.43. The van der Waals surface area contributed by atoms with Gasteiger partial charge < -0.3 is 21.8 Å². The molecule has 1 spiro atoms. The molecule has 1 atom stereocenters. The number of fused-ring (bicyclic) bond motifs is 1. The summed E-state index contributed by atoms with van der Waals surface area (Å²) in [6.45, 7) is 3.99. The number of rotatable bonds is 3. The first-order valence-corrected chi connectivity index (χ1v) is 10.8. The van der Waals surface area contributed by atoms with E-state index in [0.29, 0.717) is 22.7 Å². The van der Waals surface area contributed by atoms with Crippen molar-refractivity contribution in [3.8, 4) is 11.1 Å². The molecular formula is C23H29N7. The van der Waals surface area contributed by atoms with E-state index in [1.807, 2.05) is 37.5 Å². The summed E-state index contributed by atoms with van der Waals surface area (Å²) in [5.41, 5.74) is 18.0. The van der Waals surface area contributed by atoms with E-state index in [2.05, 4.69) is 14.3 Å². The van der Waals surface area contributed by atoms with Gasteiger partial charge in [0.05, 0.1) is 5.69 Å². The normalized spacial score (nSPS) is 20.9. The van der Waals surface area contributed by atoms with Crippen molar-refractivity contribution in [2.45, 2.75) is 45.1 Å². The first-order chi connectivity index (χ1) is 14.5. The molecule has 3 aromatic rings. The van der Waals surface area contributed by atoms with E-state index in [9.17, 15) is 0 Å². The summed E-state index contributed by atoms with van der Waals surface area (Å²) in [6.07, 6.45) is 11.1. The van der Waals surface area contributed by atoms with Crippen LogP contribution in [0.3, 0.4) is 0 Å². The molecule has 1 aliphatic heterocycles. The highest BCUT2D eigenvalue weighted by Gasteiger charge is 2.43. The maximum atomic E-state index is 7.47. The number of nitrogens with zero attached hydrogens (tertiary/aromatic N) is 4. The molecule has 1 saturated heterocycles. The Morgan fingerprint density at radius 1 is 1.23 bits per heavy atom. The molecule has 1 aliphatic carbocycles. The van der Waals surface area contributed by atoms with Crippen molar-refractivity contribution < 1.29 is 0 Å². The summed E-state index contributed by atoms with van der Waals surface area (Å²) in [5, 5.41) is 7.47. The average Bonchev–Trinajstić information content (AvgIpc) is 3.36. The molecule has 5 N–H and O–H groups in total. The zero-order valence-corrected chi connectivity index (χ0v) is 17.4. The standard InChI is InChI=1S/C23H29N7/c1-15-20(16-4-5-17(14-24)18(25)13-16)21-27-9-12-30(21)22(28-15)29-10-7-23(8-11-29)6-2-3-19(23)26/h4-5,9,12-14,19,24H,2-3,6-8,10-11,25-26H2,1H3/t19-/m1/s1. The summed E-state index contributed by atoms with van der Waals surface area (Å²) in [4.78, 5) is 12.1. The van der Waals surface area contributed by atoms with E-state index < -0.39 is 0 Å². The van der Waals surface area contributed by atoms with Gasteiger partial charge in [-0.3, -0.25) is 4.40 Å². The topological polar surface area (TPSA) is 109 Å². The maximum absolute atomic E-state index is 7.47. The smallest absolute Gasteiger partial charge is 0.211 e. The van der Waals surface area contributed by atoms with Crippen LogP contribution in [0, 0.1) is 17.7 Å². The van der Waals surface area contributed by atoms with Crippen LogP contribution in [0.5, 0.6) is 0 Å². The second kappa shape index (κ2) is 7.09. The summed E-state index contributed by atoms with van der Waals surface area (Å²) < 4.78 is 2.09. The number of hydrogen-bond donors (Lipinski definition) is 3. The molecule has 0 radical (unpaired) electrons. The SMILES string of the molecule is Cc1nc(N2CCC3(CCC[C@H]3N)CC2)n2ccnc2c1-c1ccc(C=N)c(N)c1. The highest BCUT2D eigenvalue weighted by atomic mass is 15.3. The predicted octanol–water partition coefficient (Wildman–Crippen LogP) is 3.38. The van der Waals surface area contributed by atoms with Gasteiger partial charge in [-0.1, -0.05) is 18.6 Å². The highest BCUT2D eigenvalue weighted by molar-refractivity contribution is 5.89. The molecule has 2 fully saturated rings. The Bertz CT molecular complexity index is 1110. The second-order valence-corrected chi connectivity index (χ2v) is 8.83. The fraction of sp³-hybridized carbons (Fsp3) is 0.435. The van der Waals surface area contributed by atoms with E-state index in [1.165, 1.54) is 19.1 Å². The molecule has 7 heteroatoms. The van der Waals surface area contributed by atoms with Gasteiger partial charge in [0.25, 0.3) is 0 Å². The lowest BCUT2D eigenvalue weighted by Crippen LogP contribution is -2.47.